The van der Waals surface area contributed by atoms with E-state index >= 15 is 0 Å². The molecule has 1 aromatic carbocycles. The van der Waals surface area contributed by atoms with E-state index in [9.17, 15) is 4.79 Å². The van der Waals surface area contributed by atoms with Crippen LogP contribution in [0.15, 0.2) is 24.3 Å². The lowest BCUT2D eigenvalue weighted by Crippen LogP contribution is -2.59. The molecule has 5 nitrogen and oxygen atoms in total. The van der Waals surface area contributed by atoms with Crippen molar-refractivity contribution in [2.45, 2.75) is 12.0 Å². The molecule has 1 saturated heterocycles. The van der Waals surface area contributed by atoms with Crippen LogP contribution in [0.3, 0.4) is 0 Å². The smallest absolute Gasteiger partial charge is 0.251 e. The van der Waals surface area contributed by atoms with Crippen molar-refractivity contribution in [2.75, 3.05) is 26.8 Å². The molecule has 1 amide bonds. The van der Waals surface area contributed by atoms with Gasteiger partial charge in [0.25, 0.3) is 5.91 Å². The lowest BCUT2D eigenvalue weighted by Gasteiger charge is -2.35. The number of hydrogen-bond donors (Lipinski definition) is 2. The van der Waals surface area contributed by atoms with Gasteiger partial charge in [0.1, 0.15) is 5.75 Å². The van der Waals surface area contributed by atoms with E-state index in [0.29, 0.717) is 19.6 Å². The Bertz CT molecular complexity index is 411. The first kappa shape index (κ1) is 12.9. The maximum absolute atomic E-state index is 11.6. The number of nitrogens with two attached hydrogens (primary N) is 1. The van der Waals surface area contributed by atoms with Crippen LogP contribution in [0.5, 0.6) is 5.75 Å². The van der Waals surface area contributed by atoms with Gasteiger partial charge in [0.15, 0.2) is 5.60 Å². The van der Waals surface area contributed by atoms with Crippen LogP contribution in [0, 0.1) is 0 Å². The van der Waals surface area contributed by atoms with Crippen molar-refractivity contribution in [2.24, 2.45) is 5.73 Å². The van der Waals surface area contributed by atoms with E-state index in [1.807, 2.05) is 24.3 Å². The number of carbonyl (C=O) groups is 1. The summed E-state index contributed by atoms with van der Waals surface area (Å²) in [6.45, 7) is 1.70. The van der Waals surface area contributed by atoms with Crippen LogP contribution >= 0.6 is 0 Å². The van der Waals surface area contributed by atoms with Crippen molar-refractivity contribution in [3.63, 3.8) is 0 Å². The maximum atomic E-state index is 11.6. The Morgan fingerprint density at radius 2 is 2.22 bits per heavy atom. The molecule has 1 unspecified atom stereocenters. The molecule has 1 aromatic rings. The average Bonchev–Trinajstić information content (AvgIpc) is 2.40. The number of hydrogen-bond acceptors (Lipinski definition) is 4. The molecule has 1 atom stereocenters. The third-order valence-corrected chi connectivity index (χ3v) is 3.17. The topological polar surface area (TPSA) is 73.6 Å². The number of rotatable bonds is 4. The molecular formula is C13H18N2O3. The van der Waals surface area contributed by atoms with E-state index in [-0.39, 0.29) is 0 Å². The molecule has 98 valence electrons. The summed E-state index contributed by atoms with van der Waals surface area (Å²) in [5, 5.41) is 3.15. The average molecular weight is 250 g/mol. The standard InChI is InChI=1S/C13H18N2O3/c1-17-11-4-2-10(3-5-11)8-13(12(14)16)9-15-6-7-18-13/h2-5,15H,6-9H2,1H3,(H2,14,16). The van der Waals surface area contributed by atoms with Gasteiger partial charge in [-0.05, 0) is 17.7 Å². The lowest BCUT2D eigenvalue weighted by molar-refractivity contribution is -0.147. The fraction of sp³-hybridized carbons (Fsp3) is 0.462. The first-order chi connectivity index (χ1) is 8.66. The SMILES string of the molecule is COc1ccc(CC2(C(N)=O)CNCCO2)cc1. The molecule has 0 spiro atoms. The minimum atomic E-state index is -0.938. The summed E-state index contributed by atoms with van der Waals surface area (Å²) in [4.78, 5) is 11.6. The van der Waals surface area contributed by atoms with Crippen LogP contribution in [-0.4, -0.2) is 38.3 Å². The molecule has 18 heavy (non-hydrogen) atoms. The predicted octanol–water partition coefficient (Wildman–Crippen LogP) is 0.0816. The van der Waals surface area contributed by atoms with Gasteiger partial charge in [-0.25, -0.2) is 0 Å². The maximum Gasteiger partial charge on any atom is 0.251 e. The first-order valence-corrected chi connectivity index (χ1v) is 5.94. The van der Waals surface area contributed by atoms with Gasteiger partial charge in [0.2, 0.25) is 0 Å². The van der Waals surface area contributed by atoms with Crippen LogP contribution < -0.4 is 15.8 Å². The minimum absolute atomic E-state index is 0.425. The van der Waals surface area contributed by atoms with Crippen LogP contribution in [0.4, 0.5) is 0 Å². The van der Waals surface area contributed by atoms with E-state index in [1.165, 1.54) is 0 Å². The molecule has 5 heteroatoms. The largest absolute Gasteiger partial charge is 0.497 e. The zero-order chi connectivity index (χ0) is 13.0. The summed E-state index contributed by atoms with van der Waals surface area (Å²) in [6, 6.07) is 7.56. The van der Waals surface area contributed by atoms with Crippen LogP contribution in [-0.2, 0) is 16.0 Å². The highest BCUT2D eigenvalue weighted by Gasteiger charge is 2.39. The second-order valence-electron chi connectivity index (χ2n) is 4.41. The molecule has 3 N–H and O–H groups in total. The number of benzene rings is 1. The van der Waals surface area contributed by atoms with Gasteiger partial charge >= 0.3 is 0 Å². The predicted molar refractivity (Wildman–Crippen MR) is 67.4 cm³/mol. The number of morpholine rings is 1. The summed E-state index contributed by atoms with van der Waals surface area (Å²) in [5.41, 5.74) is 5.54. The molecule has 1 aliphatic rings. The van der Waals surface area contributed by atoms with Crippen molar-refractivity contribution in [1.82, 2.24) is 5.32 Å². The van der Waals surface area contributed by atoms with Crippen molar-refractivity contribution in [3.05, 3.63) is 29.8 Å². The third-order valence-electron chi connectivity index (χ3n) is 3.17. The van der Waals surface area contributed by atoms with Gasteiger partial charge in [0.05, 0.1) is 13.7 Å². The number of ether oxygens (including phenoxy) is 2. The van der Waals surface area contributed by atoms with E-state index < -0.39 is 11.5 Å². The molecule has 1 aliphatic heterocycles. The van der Waals surface area contributed by atoms with Crippen LogP contribution in [0.2, 0.25) is 0 Å². The molecule has 0 bridgehead atoms. The summed E-state index contributed by atoms with van der Waals surface area (Å²) in [6.07, 6.45) is 0.472. The summed E-state index contributed by atoms with van der Waals surface area (Å²) in [5.74, 6) is 0.361. The fourth-order valence-electron chi connectivity index (χ4n) is 2.09. The molecule has 2 rings (SSSR count). The second kappa shape index (κ2) is 5.37. The van der Waals surface area contributed by atoms with E-state index in [2.05, 4.69) is 5.32 Å². The van der Waals surface area contributed by atoms with Crippen LogP contribution in [0.25, 0.3) is 0 Å². The molecule has 0 saturated carbocycles. The van der Waals surface area contributed by atoms with Gasteiger partial charge < -0.3 is 20.5 Å². The summed E-state index contributed by atoms with van der Waals surface area (Å²) >= 11 is 0. The van der Waals surface area contributed by atoms with Gasteiger partial charge in [-0.2, -0.15) is 0 Å². The number of carbonyl (C=O) groups excluding carboxylic acids is 1. The Morgan fingerprint density at radius 1 is 1.50 bits per heavy atom. The Hall–Kier alpha value is -1.59. The Morgan fingerprint density at radius 3 is 2.72 bits per heavy atom. The quantitative estimate of drug-likeness (QED) is 0.794. The first-order valence-electron chi connectivity index (χ1n) is 5.94. The van der Waals surface area contributed by atoms with Crippen molar-refractivity contribution in [1.29, 1.82) is 0 Å². The zero-order valence-corrected chi connectivity index (χ0v) is 10.4. The summed E-state index contributed by atoms with van der Waals surface area (Å²) in [7, 11) is 1.62. The zero-order valence-electron chi connectivity index (χ0n) is 10.4. The molecule has 0 radical (unpaired) electrons. The molecule has 0 aromatic heterocycles. The van der Waals surface area contributed by atoms with Gasteiger partial charge in [-0.15, -0.1) is 0 Å². The third kappa shape index (κ3) is 2.63. The second-order valence-corrected chi connectivity index (χ2v) is 4.41. The van der Waals surface area contributed by atoms with Gasteiger partial charge in [0, 0.05) is 19.5 Å². The molecule has 1 fully saturated rings. The Labute approximate surface area is 106 Å². The van der Waals surface area contributed by atoms with E-state index in [0.717, 1.165) is 17.9 Å². The molecular weight excluding hydrogens is 232 g/mol. The van der Waals surface area contributed by atoms with E-state index in [1.54, 1.807) is 7.11 Å². The number of nitrogens with one attached hydrogen (secondary N) is 1. The van der Waals surface area contributed by atoms with Crippen molar-refractivity contribution < 1.29 is 14.3 Å². The number of primary amides is 1. The Balaban J connectivity index is 2.15. The minimum Gasteiger partial charge on any atom is -0.497 e. The van der Waals surface area contributed by atoms with Gasteiger partial charge in [-0.1, -0.05) is 12.1 Å². The fourth-order valence-corrected chi connectivity index (χ4v) is 2.09. The molecule has 1 heterocycles. The highest BCUT2D eigenvalue weighted by molar-refractivity contribution is 5.84. The van der Waals surface area contributed by atoms with E-state index in [4.69, 9.17) is 15.2 Å². The lowest BCUT2D eigenvalue weighted by atomic mass is 9.92. The van der Waals surface area contributed by atoms with Gasteiger partial charge in [-0.3, -0.25) is 4.79 Å². The van der Waals surface area contributed by atoms with Crippen molar-refractivity contribution in [3.8, 4) is 5.75 Å². The highest BCUT2D eigenvalue weighted by Crippen LogP contribution is 2.21. The normalized spacial score (nSPS) is 23.6. The van der Waals surface area contributed by atoms with Crippen LogP contribution in [0.1, 0.15) is 5.56 Å². The Kier molecular flexibility index (Phi) is 3.84. The monoisotopic (exact) mass is 250 g/mol. The number of methoxy groups -OCH3 is 1. The number of amides is 1. The van der Waals surface area contributed by atoms with Crippen molar-refractivity contribution >= 4 is 5.91 Å². The molecule has 0 aliphatic carbocycles. The highest BCUT2D eigenvalue weighted by atomic mass is 16.5. The summed E-state index contributed by atoms with van der Waals surface area (Å²) < 4.78 is 10.7.